The van der Waals surface area contributed by atoms with Crippen molar-refractivity contribution >= 4 is 23.1 Å². The Morgan fingerprint density at radius 2 is 2.29 bits per heavy atom. The fourth-order valence-corrected chi connectivity index (χ4v) is 1.44. The van der Waals surface area contributed by atoms with Crippen molar-refractivity contribution in [2.75, 3.05) is 12.4 Å². The second kappa shape index (κ2) is 4.38. The summed E-state index contributed by atoms with van der Waals surface area (Å²) in [5.74, 6) is 0.631. The maximum absolute atomic E-state index is 10.9. The van der Waals surface area contributed by atoms with Crippen LogP contribution < -0.4 is 5.32 Å². The number of hydrogen-bond donors (Lipinski definition) is 1. The maximum Gasteiger partial charge on any atom is 0.313 e. The number of pyridine rings is 1. The summed E-state index contributed by atoms with van der Waals surface area (Å²) in [6.07, 6.45) is 2.84. The zero-order valence-corrected chi connectivity index (χ0v) is 9.55. The molecule has 0 aromatic carbocycles. The van der Waals surface area contributed by atoms with Crippen LogP contribution in [0.25, 0.3) is 5.82 Å². The third kappa shape index (κ3) is 2.18. The minimum absolute atomic E-state index is 0.119. The summed E-state index contributed by atoms with van der Waals surface area (Å²) in [5.41, 5.74) is -0.135. The van der Waals surface area contributed by atoms with Crippen LogP contribution in [0.15, 0.2) is 24.5 Å². The number of rotatable bonds is 3. The van der Waals surface area contributed by atoms with Gasteiger partial charge in [-0.2, -0.15) is 5.10 Å². The molecule has 17 heavy (non-hydrogen) atoms. The zero-order chi connectivity index (χ0) is 12.4. The quantitative estimate of drug-likeness (QED) is 0.667. The van der Waals surface area contributed by atoms with Crippen molar-refractivity contribution in [2.24, 2.45) is 0 Å². The molecule has 0 unspecified atom stereocenters. The largest absolute Gasteiger partial charge is 0.373 e. The smallest absolute Gasteiger partial charge is 0.313 e. The van der Waals surface area contributed by atoms with Crippen molar-refractivity contribution in [2.45, 2.75) is 0 Å². The second-order valence-corrected chi connectivity index (χ2v) is 3.59. The Morgan fingerprint density at radius 3 is 2.82 bits per heavy atom. The van der Waals surface area contributed by atoms with E-state index in [4.69, 9.17) is 11.6 Å². The zero-order valence-electron chi connectivity index (χ0n) is 8.79. The lowest BCUT2D eigenvalue weighted by Gasteiger charge is -2.04. The number of hydrogen-bond acceptors (Lipinski definition) is 5. The molecule has 0 spiro atoms. The van der Waals surface area contributed by atoms with Gasteiger partial charge in [-0.25, -0.2) is 9.67 Å². The van der Waals surface area contributed by atoms with Crippen LogP contribution in [-0.2, 0) is 0 Å². The van der Waals surface area contributed by atoms with E-state index in [0.29, 0.717) is 10.8 Å². The van der Waals surface area contributed by atoms with Gasteiger partial charge in [-0.3, -0.25) is 10.1 Å². The van der Waals surface area contributed by atoms with E-state index in [2.05, 4.69) is 15.4 Å². The molecule has 88 valence electrons. The first-order chi connectivity index (χ1) is 8.11. The van der Waals surface area contributed by atoms with Crippen LogP contribution in [0.3, 0.4) is 0 Å². The van der Waals surface area contributed by atoms with Crippen molar-refractivity contribution in [1.82, 2.24) is 14.8 Å². The van der Waals surface area contributed by atoms with E-state index in [9.17, 15) is 10.1 Å². The average molecular weight is 254 g/mol. The lowest BCUT2D eigenvalue weighted by atomic mass is 10.3. The predicted octanol–water partition coefficient (Wildman–Crippen LogP) is 1.87. The van der Waals surface area contributed by atoms with E-state index in [1.54, 1.807) is 7.05 Å². The second-order valence-electron chi connectivity index (χ2n) is 3.15. The number of aromatic nitrogens is 3. The molecule has 7 nitrogen and oxygen atoms in total. The topological polar surface area (TPSA) is 85.9 Å². The molecule has 8 heteroatoms. The van der Waals surface area contributed by atoms with Gasteiger partial charge in [0.2, 0.25) is 5.82 Å². The number of anilines is 1. The summed E-state index contributed by atoms with van der Waals surface area (Å²) >= 11 is 5.72. The first-order valence-electron chi connectivity index (χ1n) is 4.65. The molecule has 2 heterocycles. The normalized spacial score (nSPS) is 10.2. The SMILES string of the molecule is CNc1ccc([N+](=O)[O-])c(-n2cc(Cl)cn2)n1. The van der Waals surface area contributed by atoms with Gasteiger partial charge in [0.1, 0.15) is 5.82 Å². The molecule has 0 saturated carbocycles. The summed E-state index contributed by atoms with van der Waals surface area (Å²) < 4.78 is 1.27. The molecule has 0 saturated heterocycles. The van der Waals surface area contributed by atoms with Gasteiger partial charge in [0.05, 0.1) is 22.3 Å². The van der Waals surface area contributed by atoms with E-state index in [-0.39, 0.29) is 11.5 Å². The van der Waals surface area contributed by atoms with Gasteiger partial charge in [0.25, 0.3) is 0 Å². The molecule has 0 aliphatic carbocycles. The van der Waals surface area contributed by atoms with Gasteiger partial charge < -0.3 is 5.32 Å². The Bertz CT molecular complexity index is 568. The van der Waals surface area contributed by atoms with Gasteiger partial charge in [0, 0.05) is 13.1 Å². The molecule has 1 N–H and O–H groups in total. The molecule has 2 rings (SSSR count). The van der Waals surface area contributed by atoms with Crippen molar-refractivity contribution < 1.29 is 4.92 Å². The van der Waals surface area contributed by atoms with Gasteiger partial charge in [-0.05, 0) is 6.07 Å². The highest BCUT2D eigenvalue weighted by molar-refractivity contribution is 6.30. The molecular formula is C9H8ClN5O2. The van der Waals surface area contributed by atoms with Crippen LogP contribution in [-0.4, -0.2) is 26.7 Å². The Kier molecular flexibility index (Phi) is 2.92. The maximum atomic E-state index is 10.9. The van der Waals surface area contributed by atoms with Crippen LogP contribution in [0.2, 0.25) is 5.02 Å². The molecule has 0 radical (unpaired) electrons. The Hall–Kier alpha value is -2.15. The van der Waals surface area contributed by atoms with E-state index < -0.39 is 4.92 Å². The molecule has 0 aliphatic rings. The highest BCUT2D eigenvalue weighted by atomic mass is 35.5. The Balaban J connectivity index is 2.60. The molecule has 2 aromatic rings. The van der Waals surface area contributed by atoms with Crippen LogP contribution in [0, 0.1) is 10.1 Å². The monoisotopic (exact) mass is 253 g/mol. The van der Waals surface area contributed by atoms with Crippen molar-refractivity contribution in [1.29, 1.82) is 0 Å². The van der Waals surface area contributed by atoms with Gasteiger partial charge in [-0.1, -0.05) is 11.6 Å². The van der Waals surface area contributed by atoms with E-state index in [1.165, 1.54) is 29.2 Å². The highest BCUT2D eigenvalue weighted by Gasteiger charge is 2.18. The minimum atomic E-state index is -0.517. The van der Waals surface area contributed by atoms with E-state index in [1.807, 2.05) is 0 Å². The molecule has 0 aliphatic heterocycles. The standard InChI is InChI=1S/C9H8ClN5O2/c1-11-8-3-2-7(15(16)17)9(13-8)14-5-6(10)4-12-14/h2-5H,1H3,(H,11,13). The van der Waals surface area contributed by atoms with E-state index in [0.717, 1.165) is 0 Å². The fourth-order valence-electron chi connectivity index (χ4n) is 1.31. The van der Waals surface area contributed by atoms with Crippen LogP contribution in [0.4, 0.5) is 11.5 Å². The molecule has 0 atom stereocenters. The molecule has 0 bridgehead atoms. The third-order valence-electron chi connectivity index (χ3n) is 2.08. The summed E-state index contributed by atoms with van der Waals surface area (Å²) in [4.78, 5) is 14.4. The first kappa shape index (κ1) is 11.3. The Morgan fingerprint density at radius 1 is 1.53 bits per heavy atom. The van der Waals surface area contributed by atoms with Crippen molar-refractivity contribution in [3.63, 3.8) is 0 Å². The predicted molar refractivity (Wildman–Crippen MR) is 62.6 cm³/mol. The molecule has 0 fully saturated rings. The lowest BCUT2D eigenvalue weighted by molar-refractivity contribution is -0.384. The average Bonchev–Trinajstić information content (AvgIpc) is 2.75. The lowest BCUT2D eigenvalue weighted by Crippen LogP contribution is -2.05. The molecule has 2 aromatic heterocycles. The fraction of sp³-hybridized carbons (Fsp3) is 0.111. The Labute approximate surface area is 101 Å². The highest BCUT2D eigenvalue weighted by Crippen LogP contribution is 2.23. The summed E-state index contributed by atoms with van der Waals surface area (Å²) in [5, 5.41) is 18.0. The van der Waals surface area contributed by atoms with Gasteiger partial charge in [0.15, 0.2) is 0 Å². The van der Waals surface area contributed by atoms with Crippen LogP contribution in [0.1, 0.15) is 0 Å². The van der Waals surface area contributed by atoms with Crippen LogP contribution in [0.5, 0.6) is 0 Å². The first-order valence-corrected chi connectivity index (χ1v) is 5.03. The number of nitrogens with zero attached hydrogens (tertiary/aromatic N) is 4. The third-order valence-corrected chi connectivity index (χ3v) is 2.27. The van der Waals surface area contributed by atoms with Crippen molar-refractivity contribution in [3.8, 4) is 5.82 Å². The summed E-state index contributed by atoms with van der Waals surface area (Å²) in [6, 6.07) is 2.89. The summed E-state index contributed by atoms with van der Waals surface area (Å²) in [7, 11) is 1.67. The number of nitrogens with one attached hydrogen (secondary N) is 1. The summed E-state index contributed by atoms with van der Waals surface area (Å²) in [6.45, 7) is 0. The molecular weight excluding hydrogens is 246 g/mol. The van der Waals surface area contributed by atoms with Crippen molar-refractivity contribution in [3.05, 3.63) is 39.7 Å². The van der Waals surface area contributed by atoms with E-state index >= 15 is 0 Å². The molecule has 0 amide bonds. The van der Waals surface area contributed by atoms with Gasteiger partial charge in [-0.15, -0.1) is 0 Å². The van der Waals surface area contributed by atoms with Crippen LogP contribution >= 0.6 is 11.6 Å². The number of halogens is 1. The van der Waals surface area contributed by atoms with Gasteiger partial charge >= 0.3 is 5.69 Å². The number of nitro groups is 1. The minimum Gasteiger partial charge on any atom is -0.373 e.